The van der Waals surface area contributed by atoms with Crippen molar-refractivity contribution in [3.05, 3.63) is 63.4 Å². The molecule has 1 N–H and O–H groups in total. The van der Waals surface area contributed by atoms with Crippen LogP contribution in [-0.2, 0) is 0 Å². The molecule has 21 heavy (non-hydrogen) atoms. The van der Waals surface area contributed by atoms with Gasteiger partial charge in [0, 0.05) is 11.6 Å². The van der Waals surface area contributed by atoms with Crippen molar-refractivity contribution in [2.75, 3.05) is 0 Å². The molecule has 0 radical (unpaired) electrons. The molecule has 0 aliphatic rings. The van der Waals surface area contributed by atoms with Crippen LogP contribution < -0.4 is 5.32 Å². The van der Waals surface area contributed by atoms with E-state index in [0.29, 0.717) is 6.07 Å². The monoisotopic (exact) mass is 296 g/mol. The first kappa shape index (κ1) is 14.6. The molecule has 1 aromatic heterocycles. The molecule has 0 saturated carbocycles. The fourth-order valence-electron chi connectivity index (χ4n) is 1.75. The van der Waals surface area contributed by atoms with Gasteiger partial charge in [-0.3, -0.25) is 14.9 Å². The van der Waals surface area contributed by atoms with E-state index in [1.807, 2.05) is 0 Å². The number of rotatable bonds is 4. The van der Waals surface area contributed by atoms with Gasteiger partial charge in [0.1, 0.15) is 16.6 Å². The van der Waals surface area contributed by atoms with Crippen LogP contribution in [0.3, 0.4) is 0 Å². The summed E-state index contributed by atoms with van der Waals surface area (Å²) in [5.74, 6) is -3.10. The summed E-state index contributed by atoms with van der Waals surface area (Å²) in [6, 6.07) is 4.40. The van der Waals surface area contributed by atoms with Crippen LogP contribution >= 0.6 is 0 Å². The molecule has 0 saturated heterocycles. The van der Waals surface area contributed by atoms with Crippen LogP contribution in [0.4, 0.5) is 14.7 Å². The first-order valence-electron chi connectivity index (χ1n) is 5.88. The number of furan rings is 1. The second-order valence-corrected chi connectivity index (χ2v) is 4.26. The Labute approximate surface area is 117 Å². The van der Waals surface area contributed by atoms with Gasteiger partial charge < -0.3 is 9.73 Å². The minimum atomic E-state index is -0.798. The lowest BCUT2D eigenvalue weighted by atomic mass is 10.1. The zero-order chi connectivity index (χ0) is 15.6. The predicted octanol–water partition coefficient (Wildman–Crippen LogP) is 2.96. The van der Waals surface area contributed by atoms with Gasteiger partial charge in [0.15, 0.2) is 5.76 Å². The molecular formula is C13H10F2N2O4. The minimum Gasteiger partial charge on any atom is -0.395 e. The highest BCUT2D eigenvalue weighted by Gasteiger charge is 2.20. The maximum Gasteiger partial charge on any atom is 0.433 e. The fraction of sp³-hybridized carbons (Fsp3) is 0.154. The lowest BCUT2D eigenvalue weighted by Gasteiger charge is -2.14. The van der Waals surface area contributed by atoms with E-state index in [0.717, 1.165) is 18.2 Å². The van der Waals surface area contributed by atoms with Crippen molar-refractivity contribution in [1.82, 2.24) is 5.32 Å². The van der Waals surface area contributed by atoms with E-state index >= 15 is 0 Å². The predicted molar refractivity (Wildman–Crippen MR) is 67.6 cm³/mol. The number of nitrogens with one attached hydrogen (secondary N) is 1. The molecule has 0 spiro atoms. The molecule has 1 amide bonds. The van der Waals surface area contributed by atoms with Crippen LogP contribution in [0.15, 0.2) is 34.7 Å². The summed E-state index contributed by atoms with van der Waals surface area (Å²) in [6.07, 6.45) is 0. The summed E-state index contributed by atoms with van der Waals surface area (Å²) >= 11 is 0. The topological polar surface area (TPSA) is 85.4 Å². The summed E-state index contributed by atoms with van der Waals surface area (Å²) in [5, 5.41) is 12.9. The molecule has 0 fully saturated rings. The van der Waals surface area contributed by atoms with Crippen LogP contribution in [-0.4, -0.2) is 10.8 Å². The number of hydrogen-bond donors (Lipinski definition) is 1. The van der Waals surface area contributed by atoms with E-state index in [-0.39, 0.29) is 11.3 Å². The fourth-order valence-corrected chi connectivity index (χ4v) is 1.75. The third-order valence-corrected chi connectivity index (χ3v) is 2.77. The Morgan fingerprint density at radius 3 is 2.62 bits per heavy atom. The van der Waals surface area contributed by atoms with E-state index < -0.39 is 34.4 Å². The van der Waals surface area contributed by atoms with E-state index in [4.69, 9.17) is 4.42 Å². The normalized spacial score (nSPS) is 12.0. The number of nitrogens with zero attached hydrogens (tertiary/aromatic N) is 1. The standard InChI is InChI=1S/C13H10F2N2O4/c1-7(9-3-2-8(14)6-10(9)15)16-13(18)11-4-5-12(21-11)17(19)20/h2-7H,1H3,(H,16,18). The van der Waals surface area contributed by atoms with Gasteiger partial charge in [-0.05, 0) is 19.1 Å². The number of carbonyl (C=O) groups excluding carboxylic acids is 1. The van der Waals surface area contributed by atoms with Gasteiger partial charge in [0.05, 0.1) is 12.1 Å². The van der Waals surface area contributed by atoms with E-state index in [1.165, 1.54) is 13.0 Å². The first-order chi connectivity index (χ1) is 9.88. The van der Waals surface area contributed by atoms with Crippen molar-refractivity contribution >= 4 is 11.8 Å². The molecule has 2 aromatic rings. The minimum absolute atomic E-state index is 0.0887. The Bertz CT molecular complexity index is 699. The molecule has 1 atom stereocenters. The average molecular weight is 296 g/mol. The van der Waals surface area contributed by atoms with Crippen molar-refractivity contribution in [3.8, 4) is 0 Å². The summed E-state index contributed by atoms with van der Waals surface area (Å²) < 4.78 is 31.1. The smallest absolute Gasteiger partial charge is 0.395 e. The number of nitro groups is 1. The van der Waals surface area contributed by atoms with Crippen LogP contribution in [0, 0.1) is 21.7 Å². The first-order valence-corrected chi connectivity index (χ1v) is 5.88. The van der Waals surface area contributed by atoms with Gasteiger partial charge in [-0.15, -0.1) is 0 Å². The lowest BCUT2D eigenvalue weighted by Crippen LogP contribution is -2.26. The van der Waals surface area contributed by atoms with Gasteiger partial charge >= 0.3 is 5.88 Å². The van der Waals surface area contributed by atoms with E-state index in [9.17, 15) is 23.7 Å². The number of halogens is 2. The Balaban J connectivity index is 2.12. The molecule has 8 heteroatoms. The Morgan fingerprint density at radius 2 is 2.05 bits per heavy atom. The summed E-state index contributed by atoms with van der Waals surface area (Å²) in [5.41, 5.74) is 0.0887. The van der Waals surface area contributed by atoms with Crippen molar-refractivity contribution in [2.24, 2.45) is 0 Å². The van der Waals surface area contributed by atoms with Crippen LogP contribution in [0.25, 0.3) is 0 Å². The second-order valence-electron chi connectivity index (χ2n) is 4.26. The third kappa shape index (κ3) is 3.22. The Kier molecular flexibility index (Phi) is 3.97. The van der Waals surface area contributed by atoms with Crippen molar-refractivity contribution in [1.29, 1.82) is 0 Å². The summed E-state index contributed by atoms with van der Waals surface area (Å²) in [7, 11) is 0. The van der Waals surface area contributed by atoms with Gasteiger partial charge in [-0.2, -0.15) is 0 Å². The molecule has 1 aromatic carbocycles. The van der Waals surface area contributed by atoms with Crippen LogP contribution in [0.5, 0.6) is 0 Å². The van der Waals surface area contributed by atoms with Gasteiger partial charge in [0.25, 0.3) is 5.91 Å². The highest BCUT2D eigenvalue weighted by Crippen LogP contribution is 2.20. The third-order valence-electron chi connectivity index (χ3n) is 2.77. The molecular weight excluding hydrogens is 286 g/mol. The number of hydrogen-bond acceptors (Lipinski definition) is 4. The molecule has 6 nitrogen and oxygen atoms in total. The molecule has 1 heterocycles. The molecule has 0 aliphatic heterocycles. The SMILES string of the molecule is CC(NC(=O)c1ccc([N+](=O)[O-])o1)c1ccc(F)cc1F. The highest BCUT2D eigenvalue weighted by molar-refractivity contribution is 5.91. The van der Waals surface area contributed by atoms with Crippen LogP contribution in [0.1, 0.15) is 29.1 Å². The zero-order valence-corrected chi connectivity index (χ0v) is 10.8. The van der Waals surface area contributed by atoms with Crippen molar-refractivity contribution in [2.45, 2.75) is 13.0 Å². The molecule has 0 aliphatic carbocycles. The zero-order valence-electron chi connectivity index (χ0n) is 10.8. The summed E-state index contributed by atoms with van der Waals surface area (Å²) in [4.78, 5) is 21.5. The largest absolute Gasteiger partial charge is 0.433 e. The molecule has 0 bridgehead atoms. The van der Waals surface area contributed by atoms with Gasteiger partial charge in [-0.25, -0.2) is 8.78 Å². The Morgan fingerprint density at radius 1 is 1.33 bits per heavy atom. The maximum absolute atomic E-state index is 13.6. The second kappa shape index (κ2) is 5.70. The lowest BCUT2D eigenvalue weighted by molar-refractivity contribution is -0.402. The molecule has 2 rings (SSSR count). The van der Waals surface area contributed by atoms with Crippen molar-refractivity contribution < 1.29 is 22.9 Å². The molecule has 1 unspecified atom stereocenters. The van der Waals surface area contributed by atoms with Crippen molar-refractivity contribution in [3.63, 3.8) is 0 Å². The highest BCUT2D eigenvalue weighted by atomic mass is 19.1. The van der Waals surface area contributed by atoms with Gasteiger partial charge in [0.2, 0.25) is 0 Å². The van der Waals surface area contributed by atoms with Crippen LogP contribution in [0.2, 0.25) is 0 Å². The van der Waals surface area contributed by atoms with E-state index in [1.54, 1.807) is 0 Å². The van der Waals surface area contributed by atoms with Gasteiger partial charge in [-0.1, -0.05) is 6.07 Å². The number of amides is 1. The number of benzene rings is 1. The summed E-state index contributed by atoms with van der Waals surface area (Å²) in [6.45, 7) is 1.49. The quantitative estimate of drug-likeness (QED) is 0.694. The Hall–Kier alpha value is -2.77. The van der Waals surface area contributed by atoms with E-state index in [2.05, 4.69) is 5.32 Å². The average Bonchev–Trinajstić information content (AvgIpc) is 2.88. The number of carbonyl (C=O) groups is 1. The molecule has 110 valence electrons. The maximum atomic E-state index is 13.6.